The molecule has 0 spiro atoms. The van der Waals surface area contributed by atoms with Gasteiger partial charge in [0.1, 0.15) is 28.9 Å². The van der Waals surface area contributed by atoms with Crippen molar-refractivity contribution in [2.24, 2.45) is 0 Å². The summed E-state index contributed by atoms with van der Waals surface area (Å²) in [7, 11) is 0. The molecule has 254 valence electrons. The van der Waals surface area contributed by atoms with Crippen molar-refractivity contribution in [1.82, 2.24) is 14.5 Å². The van der Waals surface area contributed by atoms with E-state index in [-0.39, 0.29) is 0 Å². The van der Waals surface area contributed by atoms with E-state index >= 15 is 0 Å². The monoisotopic (exact) mass is 719 g/mol. The minimum absolute atomic E-state index is 0.333. The first-order chi connectivity index (χ1) is 27.2. The van der Waals surface area contributed by atoms with Crippen molar-refractivity contribution in [2.45, 2.75) is 0 Å². The van der Waals surface area contributed by atoms with Crippen LogP contribution in [-0.2, 0) is 0 Å². The van der Waals surface area contributed by atoms with Gasteiger partial charge in [0.25, 0.3) is 0 Å². The molecule has 0 atom stereocenters. The van der Waals surface area contributed by atoms with Gasteiger partial charge in [-0.05, 0) is 48.5 Å². The number of furan rings is 1. The Morgan fingerprint density at radius 2 is 1.25 bits per heavy atom. The molecule has 4 heterocycles. The van der Waals surface area contributed by atoms with Crippen molar-refractivity contribution in [1.29, 1.82) is 10.5 Å². The Bertz CT molecular complexity index is 3470. The molecular weight excluding hydrogens is 695 g/mol. The average Bonchev–Trinajstić information content (AvgIpc) is 3.91. The fraction of sp³-hybridized carbons (Fsp3) is 0. The number of hydrogen-bond acceptors (Lipinski definition) is 6. The third kappa shape index (κ3) is 4.65. The number of nitriles is 2. The van der Waals surface area contributed by atoms with Gasteiger partial charge in [-0.15, -0.1) is 11.3 Å². The van der Waals surface area contributed by atoms with E-state index in [1.165, 1.54) is 20.2 Å². The molecule has 0 amide bonds. The van der Waals surface area contributed by atoms with Crippen LogP contribution in [0.15, 0.2) is 156 Å². The number of thiophene rings is 1. The fourth-order valence-electron chi connectivity index (χ4n) is 8.08. The van der Waals surface area contributed by atoms with Crippen molar-refractivity contribution < 1.29 is 4.42 Å². The highest BCUT2D eigenvalue weighted by Crippen LogP contribution is 2.42. The molecule has 0 radical (unpaired) electrons. The zero-order chi connectivity index (χ0) is 36.6. The lowest BCUT2D eigenvalue weighted by molar-refractivity contribution is 0.669. The SMILES string of the molecule is N#Cc1cc(-c2nc(-c3cccc4oc5ccccc5c34)nc(-c3ccccc3)c2C#N)ccc1-n1c2ccccc2c2cc3c(cc21)sc1ccccc13. The summed E-state index contributed by atoms with van der Waals surface area (Å²) in [4.78, 5) is 10.2. The van der Waals surface area contributed by atoms with E-state index in [0.29, 0.717) is 33.9 Å². The van der Waals surface area contributed by atoms with Crippen LogP contribution in [0.2, 0.25) is 0 Å². The number of hydrogen-bond donors (Lipinski definition) is 0. The van der Waals surface area contributed by atoms with Gasteiger partial charge in [-0.3, -0.25) is 0 Å². The molecular formula is C48H25N5OS. The van der Waals surface area contributed by atoms with Gasteiger partial charge in [0.05, 0.1) is 33.7 Å². The molecule has 0 aliphatic rings. The quantitative estimate of drug-likeness (QED) is 0.181. The molecule has 0 aliphatic carbocycles. The second-order valence-electron chi connectivity index (χ2n) is 13.5. The highest BCUT2D eigenvalue weighted by Gasteiger charge is 2.23. The summed E-state index contributed by atoms with van der Waals surface area (Å²) >= 11 is 1.78. The van der Waals surface area contributed by atoms with Crippen LogP contribution in [0.5, 0.6) is 0 Å². The van der Waals surface area contributed by atoms with E-state index in [1.54, 1.807) is 11.3 Å². The van der Waals surface area contributed by atoms with Crippen molar-refractivity contribution in [3.63, 3.8) is 0 Å². The molecule has 0 fully saturated rings. The number of aromatic nitrogens is 3. The highest BCUT2D eigenvalue weighted by molar-refractivity contribution is 7.25. The molecule has 6 nitrogen and oxygen atoms in total. The second-order valence-corrected chi connectivity index (χ2v) is 14.6. The maximum absolute atomic E-state index is 10.8. The van der Waals surface area contributed by atoms with Gasteiger partial charge in [0, 0.05) is 58.4 Å². The number of fused-ring (bicyclic) bond motifs is 9. The Morgan fingerprint density at radius 3 is 2.09 bits per heavy atom. The van der Waals surface area contributed by atoms with Gasteiger partial charge in [0.15, 0.2) is 5.82 Å². The lowest BCUT2D eigenvalue weighted by atomic mass is 9.98. The topological polar surface area (TPSA) is 91.4 Å². The van der Waals surface area contributed by atoms with Crippen LogP contribution in [0.1, 0.15) is 11.1 Å². The van der Waals surface area contributed by atoms with E-state index in [9.17, 15) is 10.5 Å². The standard InChI is InChI=1S/C48H25N5OS/c49-26-30-23-29(21-22-38(30)53-39-17-7-4-13-31(39)35-24-36-32-14-6-9-20-43(32)55-44(36)25-40(35)53)47-37(27-50)46(28-11-2-1-3-12-28)51-48(52-47)34-16-10-19-42-45(34)33-15-5-8-18-41(33)54-42/h1-25H. The lowest BCUT2D eigenvalue weighted by Gasteiger charge is -2.15. The molecule has 0 unspecified atom stereocenters. The first kappa shape index (κ1) is 31.0. The van der Waals surface area contributed by atoms with E-state index in [0.717, 1.165) is 60.6 Å². The maximum atomic E-state index is 10.8. The van der Waals surface area contributed by atoms with Gasteiger partial charge in [0.2, 0.25) is 0 Å². The summed E-state index contributed by atoms with van der Waals surface area (Å²) in [6.07, 6.45) is 0. The zero-order valence-electron chi connectivity index (χ0n) is 29.0. The number of nitrogens with zero attached hydrogens (tertiary/aromatic N) is 5. The van der Waals surface area contributed by atoms with E-state index in [4.69, 9.17) is 14.4 Å². The molecule has 0 N–H and O–H groups in total. The first-order valence-corrected chi connectivity index (χ1v) is 18.7. The highest BCUT2D eigenvalue weighted by atomic mass is 32.1. The molecule has 4 aromatic heterocycles. The van der Waals surface area contributed by atoms with Crippen molar-refractivity contribution in [3.8, 4) is 51.7 Å². The number of para-hydroxylation sites is 2. The van der Waals surface area contributed by atoms with Crippen LogP contribution in [0, 0.1) is 22.7 Å². The van der Waals surface area contributed by atoms with Crippen LogP contribution >= 0.6 is 11.3 Å². The van der Waals surface area contributed by atoms with Gasteiger partial charge < -0.3 is 8.98 Å². The lowest BCUT2D eigenvalue weighted by Crippen LogP contribution is -2.03. The number of rotatable bonds is 4. The Morgan fingerprint density at radius 1 is 0.527 bits per heavy atom. The third-order valence-corrected chi connectivity index (χ3v) is 11.6. The van der Waals surface area contributed by atoms with Gasteiger partial charge >= 0.3 is 0 Å². The molecule has 7 heteroatoms. The smallest absolute Gasteiger partial charge is 0.161 e. The normalized spacial score (nSPS) is 11.6. The predicted molar refractivity (Wildman–Crippen MR) is 222 cm³/mol. The summed E-state index contributed by atoms with van der Waals surface area (Å²) in [6.45, 7) is 0. The molecule has 0 saturated carbocycles. The van der Waals surface area contributed by atoms with Crippen molar-refractivity contribution in [3.05, 3.63) is 163 Å². The molecule has 0 saturated heterocycles. The molecule has 55 heavy (non-hydrogen) atoms. The molecule has 0 bridgehead atoms. The first-order valence-electron chi connectivity index (χ1n) is 17.9. The largest absolute Gasteiger partial charge is 0.456 e. The third-order valence-electron chi connectivity index (χ3n) is 10.5. The van der Waals surface area contributed by atoms with Crippen LogP contribution in [0.4, 0.5) is 0 Å². The summed E-state index contributed by atoms with van der Waals surface area (Å²) in [5.41, 5.74) is 8.29. The summed E-state index contributed by atoms with van der Waals surface area (Å²) in [5, 5.41) is 28.1. The van der Waals surface area contributed by atoms with Crippen LogP contribution in [0.3, 0.4) is 0 Å². The van der Waals surface area contributed by atoms with Crippen LogP contribution in [-0.4, -0.2) is 14.5 Å². The molecule has 11 aromatic rings. The van der Waals surface area contributed by atoms with Gasteiger partial charge in [-0.25, -0.2) is 9.97 Å². The predicted octanol–water partition coefficient (Wildman–Crippen LogP) is 12.6. The number of benzene rings is 7. The molecule has 0 aliphatic heterocycles. The summed E-state index contributed by atoms with van der Waals surface area (Å²) in [6, 6.07) is 55.6. The summed E-state index contributed by atoms with van der Waals surface area (Å²) < 4.78 is 10.8. The fourth-order valence-corrected chi connectivity index (χ4v) is 9.20. The van der Waals surface area contributed by atoms with Gasteiger partial charge in [-0.1, -0.05) is 103 Å². The minimum atomic E-state index is 0.333. The Hall–Kier alpha value is -7.58. The van der Waals surface area contributed by atoms with Crippen LogP contribution in [0.25, 0.3) is 104 Å². The van der Waals surface area contributed by atoms with Gasteiger partial charge in [-0.2, -0.15) is 10.5 Å². The second kappa shape index (κ2) is 12.0. The van der Waals surface area contributed by atoms with Crippen LogP contribution < -0.4 is 0 Å². The minimum Gasteiger partial charge on any atom is -0.456 e. The van der Waals surface area contributed by atoms with Crippen molar-refractivity contribution >= 4 is 75.3 Å². The Kier molecular flexibility index (Phi) is 6.75. The summed E-state index contributed by atoms with van der Waals surface area (Å²) in [5.74, 6) is 0.460. The molecule has 7 aromatic carbocycles. The van der Waals surface area contributed by atoms with E-state index < -0.39 is 0 Å². The van der Waals surface area contributed by atoms with E-state index in [2.05, 4.69) is 71.3 Å². The van der Waals surface area contributed by atoms with Crippen molar-refractivity contribution in [2.75, 3.05) is 0 Å². The molecule has 11 rings (SSSR count). The zero-order valence-corrected chi connectivity index (χ0v) is 29.8. The maximum Gasteiger partial charge on any atom is 0.161 e. The average molecular weight is 720 g/mol. The Labute approximate surface area is 318 Å². The Balaban J connectivity index is 1.16. The van der Waals surface area contributed by atoms with E-state index in [1.807, 2.05) is 97.1 Å².